The van der Waals surface area contributed by atoms with E-state index in [9.17, 15) is 13.6 Å². The molecule has 5 heteroatoms. The first kappa shape index (κ1) is 12.7. The number of benzene rings is 2. The van der Waals surface area contributed by atoms with E-state index in [0.29, 0.717) is 0 Å². The van der Waals surface area contributed by atoms with Crippen molar-refractivity contribution in [2.24, 2.45) is 0 Å². The standard InChI is InChI=1S/C13H8BrF2NO/c14-9-6-5-8(7-11(9)16)13(18)17-12-4-2-1-3-10(12)15/h1-7H,(H,17,18). The molecule has 0 unspecified atom stereocenters. The Bertz CT molecular complexity index is 601. The highest BCUT2D eigenvalue weighted by Gasteiger charge is 2.10. The summed E-state index contributed by atoms with van der Waals surface area (Å²) in [5.41, 5.74) is 0.185. The summed E-state index contributed by atoms with van der Waals surface area (Å²) in [4.78, 5) is 11.8. The molecule has 2 aromatic carbocycles. The minimum Gasteiger partial charge on any atom is -0.319 e. The molecule has 2 nitrogen and oxygen atoms in total. The van der Waals surface area contributed by atoms with Gasteiger partial charge in [-0.2, -0.15) is 0 Å². The van der Waals surface area contributed by atoms with Gasteiger partial charge in [0.25, 0.3) is 5.91 Å². The first-order valence-electron chi connectivity index (χ1n) is 5.09. The fourth-order valence-corrected chi connectivity index (χ4v) is 1.64. The van der Waals surface area contributed by atoms with Gasteiger partial charge in [0, 0.05) is 5.56 Å². The molecule has 0 heterocycles. The van der Waals surface area contributed by atoms with Crippen molar-refractivity contribution >= 4 is 27.5 Å². The SMILES string of the molecule is O=C(Nc1ccccc1F)c1ccc(Br)c(F)c1. The quantitative estimate of drug-likeness (QED) is 0.893. The highest BCUT2D eigenvalue weighted by molar-refractivity contribution is 9.10. The van der Waals surface area contributed by atoms with Crippen LogP contribution in [0.15, 0.2) is 46.9 Å². The summed E-state index contributed by atoms with van der Waals surface area (Å²) in [6.07, 6.45) is 0. The number of para-hydroxylation sites is 1. The van der Waals surface area contributed by atoms with Crippen molar-refractivity contribution in [3.8, 4) is 0 Å². The molecule has 0 aliphatic carbocycles. The van der Waals surface area contributed by atoms with Crippen molar-refractivity contribution in [3.63, 3.8) is 0 Å². The third-order valence-electron chi connectivity index (χ3n) is 2.30. The number of carbonyl (C=O) groups excluding carboxylic acids is 1. The number of rotatable bonds is 2. The van der Waals surface area contributed by atoms with Crippen LogP contribution in [0.4, 0.5) is 14.5 Å². The summed E-state index contributed by atoms with van der Waals surface area (Å²) >= 11 is 2.99. The first-order chi connectivity index (χ1) is 8.58. The lowest BCUT2D eigenvalue weighted by Crippen LogP contribution is -2.13. The van der Waals surface area contributed by atoms with Gasteiger partial charge in [-0.1, -0.05) is 12.1 Å². The van der Waals surface area contributed by atoms with Crippen molar-refractivity contribution in [2.75, 3.05) is 5.32 Å². The Morgan fingerprint density at radius 3 is 2.44 bits per heavy atom. The molecular weight excluding hydrogens is 304 g/mol. The van der Waals surface area contributed by atoms with E-state index in [4.69, 9.17) is 0 Å². The number of nitrogens with one attached hydrogen (secondary N) is 1. The van der Waals surface area contributed by atoms with Crippen LogP contribution in [0.5, 0.6) is 0 Å². The topological polar surface area (TPSA) is 29.1 Å². The van der Waals surface area contributed by atoms with E-state index in [0.717, 1.165) is 6.07 Å². The average molecular weight is 312 g/mol. The first-order valence-corrected chi connectivity index (χ1v) is 5.88. The second kappa shape index (κ2) is 5.27. The van der Waals surface area contributed by atoms with E-state index >= 15 is 0 Å². The van der Waals surface area contributed by atoms with Crippen LogP contribution in [0.3, 0.4) is 0 Å². The van der Waals surface area contributed by atoms with Crippen LogP contribution in [-0.4, -0.2) is 5.91 Å². The van der Waals surface area contributed by atoms with Gasteiger partial charge < -0.3 is 5.32 Å². The van der Waals surface area contributed by atoms with Gasteiger partial charge in [-0.05, 0) is 46.3 Å². The monoisotopic (exact) mass is 311 g/mol. The molecule has 2 aromatic rings. The van der Waals surface area contributed by atoms with Gasteiger partial charge in [-0.25, -0.2) is 8.78 Å². The number of carbonyl (C=O) groups is 1. The van der Waals surface area contributed by atoms with E-state index in [2.05, 4.69) is 21.2 Å². The second-order valence-electron chi connectivity index (χ2n) is 3.56. The molecule has 18 heavy (non-hydrogen) atoms. The van der Waals surface area contributed by atoms with Crippen molar-refractivity contribution in [2.45, 2.75) is 0 Å². The van der Waals surface area contributed by atoms with Gasteiger partial charge in [0.1, 0.15) is 11.6 Å². The Morgan fingerprint density at radius 2 is 1.78 bits per heavy atom. The van der Waals surface area contributed by atoms with Crippen molar-refractivity contribution in [1.82, 2.24) is 0 Å². The van der Waals surface area contributed by atoms with Gasteiger partial charge in [-0.3, -0.25) is 4.79 Å². The van der Waals surface area contributed by atoms with E-state index in [-0.39, 0.29) is 15.7 Å². The van der Waals surface area contributed by atoms with Crippen LogP contribution in [0.25, 0.3) is 0 Å². The van der Waals surface area contributed by atoms with Crippen molar-refractivity contribution in [3.05, 3.63) is 64.1 Å². The Balaban J connectivity index is 2.22. The lowest BCUT2D eigenvalue weighted by atomic mass is 10.2. The van der Waals surface area contributed by atoms with Crippen LogP contribution >= 0.6 is 15.9 Å². The minimum absolute atomic E-state index is 0.0610. The zero-order valence-corrected chi connectivity index (χ0v) is 10.7. The fourth-order valence-electron chi connectivity index (χ4n) is 1.39. The molecule has 0 radical (unpaired) electrons. The molecule has 2 rings (SSSR count). The molecule has 0 aliphatic rings. The Labute approximate surface area is 111 Å². The number of amides is 1. The number of anilines is 1. The predicted octanol–water partition coefficient (Wildman–Crippen LogP) is 3.98. The Morgan fingerprint density at radius 1 is 1.06 bits per heavy atom. The Hall–Kier alpha value is -1.75. The lowest BCUT2D eigenvalue weighted by Gasteiger charge is -2.06. The molecule has 0 bridgehead atoms. The molecule has 0 aromatic heterocycles. The van der Waals surface area contributed by atoms with Gasteiger partial charge in [0.2, 0.25) is 0 Å². The largest absolute Gasteiger partial charge is 0.319 e. The summed E-state index contributed by atoms with van der Waals surface area (Å²) in [6.45, 7) is 0. The Kier molecular flexibility index (Phi) is 3.72. The molecule has 0 aliphatic heterocycles. The third-order valence-corrected chi connectivity index (χ3v) is 2.95. The van der Waals surface area contributed by atoms with E-state index in [1.807, 2.05) is 0 Å². The third kappa shape index (κ3) is 2.73. The second-order valence-corrected chi connectivity index (χ2v) is 4.42. The average Bonchev–Trinajstić information content (AvgIpc) is 2.35. The highest BCUT2D eigenvalue weighted by atomic mass is 79.9. The van der Waals surface area contributed by atoms with Gasteiger partial charge >= 0.3 is 0 Å². The summed E-state index contributed by atoms with van der Waals surface area (Å²) < 4.78 is 26.8. The number of hydrogen-bond acceptors (Lipinski definition) is 1. The maximum Gasteiger partial charge on any atom is 0.255 e. The molecule has 92 valence electrons. The molecule has 0 saturated carbocycles. The van der Waals surface area contributed by atoms with Crippen molar-refractivity contribution < 1.29 is 13.6 Å². The maximum absolute atomic E-state index is 13.3. The molecule has 0 spiro atoms. The van der Waals surface area contributed by atoms with Crippen LogP contribution in [0.1, 0.15) is 10.4 Å². The normalized spacial score (nSPS) is 10.2. The van der Waals surface area contributed by atoms with Crippen LogP contribution in [0.2, 0.25) is 0 Å². The van der Waals surface area contributed by atoms with Crippen LogP contribution < -0.4 is 5.32 Å². The van der Waals surface area contributed by atoms with Crippen LogP contribution in [0, 0.1) is 11.6 Å². The zero-order chi connectivity index (χ0) is 13.1. The summed E-state index contributed by atoms with van der Waals surface area (Å²) in [5.74, 6) is -1.65. The molecular formula is C13H8BrF2NO. The zero-order valence-electron chi connectivity index (χ0n) is 9.08. The minimum atomic E-state index is -0.563. The van der Waals surface area contributed by atoms with Gasteiger partial charge in [-0.15, -0.1) is 0 Å². The number of halogens is 3. The van der Waals surface area contributed by atoms with Crippen LogP contribution in [-0.2, 0) is 0 Å². The summed E-state index contributed by atoms with van der Waals surface area (Å²) in [5, 5.41) is 2.38. The predicted molar refractivity (Wildman–Crippen MR) is 68.5 cm³/mol. The van der Waals surface area contributed by atoms with Gasteiger partial charge in [0.15, 0.2) is 0 Å². The molecule has 0 fully saturated rings. The van der Waals surface area contributed by atoms with E-state index in [1.54, 1.807) is 6.07 Å². The summed E-state index contributed by atoms with van der Waals surface area (Å²) in [6, 6.07) is 9.74. The molecule has 1 N–H and O–H groups in total. The fraction of sp³-hybridized carbons (Fsp3) is 0. The van der Waals surface area contributed by atoms with Gasteiger partial charge in [0.05, 0.1) is 10.2 Å². The smallest absolute Gasteiger partial charge is 0.255 e. The van der Waals surface area contributed by atoms with Crippen molar-refractivity contribution in [1.29, 1.82) is 0 Å². The lowest BCUT2D eigenvalue weighted by molar-refractivity contribution is 0.102. The number of hydrogen-bond donors (Lipinski definition) is 1. The maximum atomic E-state index is 13.3. The molecule has 0 atom stereocenters. The highest BCUT2D eigenvalue weighted by Crippen LogP contribution is 2.18. The van der Waals surface area contributed by atoms with E-state index in [1.165, 1.54) is 30.3 Å². The summed E-state index contributed by atoms with van der Waals surface area (Å²) in [7, 11) is 0. The van der Waals surface area contributed by atoms with E-state index < -0.39 is 17.5 Å². The molecule has 0 saturated heterocycles. The molecule has 1 amide bonds.